The van der Waals surface area contributed by atoms with Crippen LogP contribution < -0.4 is 5.32 Å². The van der Waals surface area contributed by atoms with E-state index < -0.39 is 0 Å². The van der Waals surface area contributed by atoms with Crippen LogP contribution in [0, 0.1) is 6.92 Å². The molecule has 1 aliphatic heterocycles. The molecule has 1 N–H and O–H groups in total. The molecule has 1 saturated carbocycles. The van der Waals surface area contributed by atoms with Gasteiger partial charge in [-0.05, 0) is 31.4 Å². The molecule has 25 heavy (non-hydrogen) atoms. The first-order valence-corrected chi connectivity index (χ1v) is 9.87. The van der Waals surface area contributed by atoms with E-state index in [1.54, 1.807) is 0 Å². The smallest absolute Gasteiger partial charge is 0.266 e. The molecule has 1 aromatic carbocycles. The Morgan fingerprint density at radius 1 is 1.32 bits per heavy atom. The fourth-order valence-electron chi connectivity index (χ4n) is 3.09. The van der Waals surface area contributed by atoms with Gasteiger partial charge in [-0.25, -0.2) is 0 Å². The van der Waals surface area contributed by atoms with Crippen molar-refractivity contribution in [2.75, 3.05) is 6.54 Å². The van der Waals surface area contributed by atoms with Crippen molar-refractivity contribution in [2.45, 2.75) is 45.1 Å². The third-order valence-corrected chi connectivity index (χ3v) is 5.91. The molecule has 6 heteroatoms. The number of rotatable bonds is 5. The van der Waals surface area contributed by atoms with Gasteiger partial charge in [-0.3, -0.25) is 14.5 Å². The summed E-state index contributed by atoms with van der Waals surface area (Å²) in [5.41, 5.74) is 2.16. The monoisotopic (exact) mass is 374 g/mol. The molecule has 0 unspecified atom stereocenters. The number of thiocarbonyl (C=S) groups is 1. The highest BCUT2D eigenvalue weighted by molar-refractivity contribution is 8.26. The van der Waals surface area contributed by atoms with Gasteiger partial charge in [0.2, 0.25) is 5.91 Å². The van der Waals surface area contributed by atoms with Gasteiger partial charge >= 0.3 is 0 Å². The standard InChI is InChI=1S/C19H22N2O2S2/c1-13-6-8-14(9-7-13)12-16-18(23)21(19(24)25-16)11-10-17(22)20-15-4-2-3-5-15/h6-9,12,15H,2-5,10-11H2,1H3,(H,20,22)/b16-12+. The Hall–Kier alpha value is -1.66. The number of nitrogens with one attached hydrogen (secondary N) is 1. The van der Waals surface area contributed by atoms with Crippen LogP contribution >= 0.6 is 24.0 Å². The second-order valence-electron chi connectivity index (χ2n) is 6.54. The van der Waals surface area contributed by atoms with E-state index in [1.807, 2.05) is 37.3 Å². The summed E-state index contributed by atoms with van der Waals surface area (Å²) in [6, 6.07) is 8.30. The molecule has 1 aromatic rings. The van der Waals surface area contributed by atoms with Crippen molar-refractivity contribution < 1.29 is 9.59 Å². The first-order chi connectivity index (χ1) is 12.0. The Kier molecular flexibility index (Phi) is 5.91. The lowest BCUT2D eigenvalue weighted by molar-refractivity contribution is -0.124. The minimum atomic E-state index is -0.107. The second kappa shape index (κ2) is 8.15. The van der Waals surface area contributed by atoms with Gasteiger partial charge < -0.3 is 5.32 Å². The maximum atomic E-state index is 12.6. The molecule has 0 spiro atoms. The van der Waals surface area contributed by atoms with Crippen LogP contribution in [0.1, 0.15) is 43.2 Å². The van der Waals surface area contributed by atoms with Crippen molar-refractivity contribution in [1.29, 1.82) is 0 Å². The fraction of sp³-hybridized carbons (Fsp3) is 0.421. The Labute approximate surface area is 158 Å². The number of carbonyl (C=O) groups is 2. The van der Waals surface area contributed by atoms with E-state index in [0.717, 1.165) is 18.4 Å². The number of hydrogen-bond donors (Lipinski definition) is 1. The van der Waals surface area contributed by atoms with Crippen molar-refractivity contribution in [3.05, 3.63) is 40.3 Å². The third kappa shape index (κ3) is 4.70. The Morgan fingerprint density at radius 2 is 2.00 bits per heavy atom. The molecular formula is C19H22N2O2S2. The highest BCUT2D eigenvalue weighted by Gasteiger charge is 2.32. The summed E-state index contributed by atoms with van der Waals surface area (Å²) in [6.07, 6.45) is 6.64. The number of thioether (sulfide) groups is 1. The van der Waals surface area contributed by atoms with Crippen LogP contribution in [-0.2, 0) is 9.59 Å². The summed E-state index contributed by atoms with van der Waals surface area (Å²) in [5.74, 6) is -0.104. The molecule has 0 radical (unpaired) electrons. The summed E-state index contributed by atoms with van der Waals surface area (Å²) in [7, 11) is 0. The van der Waals surface area contributed by atoms with Gasteiger partial charge in [-0.15, -0.1) is 0 Å². The van der Waals surface area contributed by atoms with E-state index >= 15 is 0 Å². The minimum Gasteiger partial charge on any atom is -0.353 e. The molecule has 2 fully saturated rings. The van der Waals surface area contributed by atoms with Crippen molar-refractivity contribution in [1.82, 2.24) is 10.2 Å². The fourth-order valence-corrected chi connectivity index (χ4v) is 4.40. The number of amides is 2. The van der Waals surface area contributed by atoms with Crippen LogP contribution in [0.3, 0.4) is 0 Å². The first kappa shape index (κ1) is 18.1. The van der Waals surface area contributed by atoms with Crippen molar-refractivity contribution in [2.24, 2.45) is 0 Å². The number of carbonyl (C=O) groups excluding carboxylic acids is 2. The Morgan fingerprint density at radius 3 is 2.68 bits per heavy atom. The summed E-state index contributed by atoms with van der Waals surface area (Å²) in [6.45, 7) is 2.37. The molecule has 1 saturated heterocycles. The van der Waals surface area contributed by atoms with E-state index in [0.29, 0.717) is 28.2 Å². The van der Waals surface area contributed by atoms with Gasteiger partial charge in [0, 0.05) is 19.0 Å². The molecule has 1 heterocycles. The van der Waals surface area contributed by atoms with Crippen LogP contribution in [0.2, 0.25) is 0 Å². The van der Waals surface area contributed by atoms with Crippen LogP contribution in [0.5, 0.6) is 0 Å². The molecular weight excluding hydrogens is 352 g/mol. The molecule has 4 nitrogen and oxygen atoms in total. The van der Waals surface area contributed by atoms with Crippen LogP contribution in [0.15, 0.2) is 29.2 Å². The third-order valence-electron chi connectivity index (χ3n) is 4.53. The van der Waals surface area contributed by atoms with E-state index in [9.17, 15) is 9.59 Å². The van der Waals surface area contributed by atoms with Crippen LogP contribution in [0.25, 0.3) is 6.08 Å². The molecule has 0 bridgehead atoms. The molecule has 2 aliphatic rings. The van der Waals surface area contributed by atoms with Gasteiger partial charge in [-0.2, -0.15) is 0 Å². The highest BCUT2D eigenvalue weighted by Crippen LogP contribution is 2.32. The predicted octanol–water partition coefficient (Wildman–Crippen LogP) is 3.65. The second-order valence-corrected chi connectivity index (χ2v) is 8.22. The van der Waals surface area contributed by atoms with E-state index in [-0.39, 0.29) is 11.8 Å². The predicted molar refractivity (Wildman–Crippen MR) is 106 cm³/mol. The minimum absolute atomic E-state index is 0.00321. The maximum absolute atomic E-state index is 12.6. The number of nitrogens with zero attached hydrogens (tertiary/aromatic N) is 1. The molecule has 3 rings (SSSR count). The highest BCUT2D eigenvalue weighted by atomic mass is 32.2. The number of benzene rings is 1. The van der Waals surface area contributed by atoms with Gasteiger partial charge in [0.05, 0.1) is 4.91 Å². The quantitative estimate of drug-likeness (QED) is 0.631. The lowest BCUT2D eigenvalue weighted by atomic mass is 10.1. The van der Waals surface area contributed by atoms with Crippen molar-refractivity contribution in [3.8, 4) is 0 Å². The zero-order valence-electron chi connectivity index (χ0n) is 14.3. The number of hydrogen-bond acceptors (Lipinski definition) is 4. The zero-order chi connectivity index (χ0) is 17.8. The van der Waals surface area contributed by atoms with Gasteiger partial charge in [0.1, 0.15) is 4.32 Å². The lowest BCUT2D eigenvalue weighted by Crippen LogP contribution is -2.37. The molecule has 2 amide bonds. The Bertz CT molecular complexity index is 707. The van der Waals surface area contributed by atoms with Crippen LogP contribution in [-0.4, -0.2) is 33.6 Å². The van der Waals surface area contributed by atoms with Gasteiger partial charge in [0.15, 0.2) is 0 Å². The maximum Gasteiger partial charge on any atom is 0.266 e. The molecule has 1 aliphatic carbocycles. The molecule has 0 atom stereocenters. The first-order valence-electron chi connectivity index (χ1n) is 8.64. The summed E-state index contributed by atoms with van der Waals surface area (Å²) < 4.78 is 0.525. The average Bonchev–Trinajstić information content (AvgIpc) is 3.17. The molecule has 0 aromatic heterocycles. The molecule has 132 valence electrons. The van der Waals surface area contributed by atoms with Gasteiger partial charge in [0.25, 0.3) is 5.91 Å². The zero-order valence-corrected chi connectivity index (χ0v) is 15.9. The van der Waals surface area contributed by atoms with E-state index in [4.69, 9.17) is 12.2 Å². The van der Waals surface area contributed by atoms with Gasteiger partial charge in [-0.1, -0.05) is 66.7 Å². The summed E-state index contributed by atoms with van der Waals surface area (Å²) >= 11 is 6.63. The summed E-state index contributed by atoms with van der Waals surface area (Å²) in [5, 5.41) is 3.05. The average molecular weight is 375 g/mol. The topological polar surface area (TPSA) is 49.4 Å². The Balaban J connectivity index is 1.57. The normalized spacial score (nSPS) is 19.9. The number of aryl methyl sites for hydroxylation is 1. The largest absolute Gasteiger partial charge is 0.353 e. The van der Waals surface area contributed by atoms with Crippen LogP contribution in [0.4, 0.5) is 0 Å². The van der Waals surface area contributed by atoms with Crippen molar-refractivity contribution in [3.63, 3.8) is 0 Å². The lowest BCUT2D eigenvalue weighted by Gasteiger charge is -2.16. The SMILES string of the molecule is Cc1ccc(/C=C2/SC(=S)N(CCC(=O)NC3CCCC3)C2=O)cc1. The van der Waals surface area contributed by atoms with E-state index in [2.05, 4.69) is 5.32 Å². The van der Waals surface area contributed by atoms with E-state index in [1.165, 1.54) is 35.1 Å². The summed E-state index contributed by atoms with van der Waals surface area (Å²) in [4.78, 5) is 26.8. The van der Waals surface area contributed by atoms with Crippen molar-refractivity contribution >= 4 is 46.2 Å².